The van der Waals surface area contributed by atoms with Gasteiger partial charge in [0.1, 0.15) is 6.17 Å². The Morgan fingerprint density at radius 2 is 1.70 bits per heavy atom. The van der Waals surface area contributed by atoms with Crippen LogP contribution in [0.3, 0.4) is 0 Å². The summed E-state index contributed by atoms with van der Waals surface area (Å²) in [6.07, 6.45) is 3.80. The summed E-state index contributed by atoms with van der Waals surface area (Å²) in [5.74, 6) is 5.55. The highest BCUT2D eigenvalue weighted by Gasteiger charge is 2.39. The number of rotatable bonds is 5. The molecule has 1 saturated carbocycles. The van der Waals surface area contributed by atoms with E-state index in [-0.39, 0.29) is 6.17 Å². The van der Waals surface area contributed by atoms with Crippen molar-refractivity contribution >= 4 is 11.4 Å². The molecule has 1 atom stereocenters. The normalized spacial score (nSPS) is 17.0. The molecular weight excluding hydrogens is 332 g/mol. The van der Waals surface area contributed by atoms with E-state index < -0.39 is 0 Å². The Labute approximate surface area is 164 Å². The van der Waals surface area contributed by atoms with Crippen molar-refractivity contribution in [1.29, 1.82) is 0 Å². The first-order valence-electron chi connectivity index (χ1n) is 9.91. The molecule has 0 amide bonds. The van der Waals surface area contributed by atoms with Gasteiger partial charge in [-0.05, 0) is 49.4 Å². The minimum Gasteiger partial charge on any atom is -0.362 e. The summed E-state index contributed by atoms with van der Waals surface area (Å²) in [4.78, 5) is 2.51. The molecule has 2 aliphatic rings. The van der Waals surface area contributed by atoms with Gasteiger partial charge in [0, 0.05) is 12.6 Å². The van der Waals surface area contributed by atoms with Crippen LogP contribution in [0.25, 0.3) is 0 Å². The number of nitrogens with zero attached hydrogens (tertiary/aromatic N) is 1. The number of hydrogen-bond donors (Lipinski definition) is 3. The van der Waals surface area contributed by atoms with Gasteiger partial charge in [-0.2, -0.15) is 0 Å². The summed E-state index contributed by atoms with van der Waals surface area (Å²) in [5, 5.41) is 3.59. The van der Waals surface area contributed by atoms with Gasteiger partial charge in [-0.15, -0.1) is 13.2 Å². The van der Waals surface area contributed by atoms with Gasteiger partial charge in [0.15, 0.2) is 0 Å². The molecule has 4 heteroatoms. The Balaban J connectivity index is 0.000000614. The SMILES string of the molecule is C=C.CC.Cc1ccc(Cc2ccc3c(c2)N(C2CC2)C(CNN)N3)cc1. The lowest BCUT2D eigenvalue weighted by molar-refractivity contribution is 0.597. The van der Waals surface area contributed by atoms with Crippen LogP contribution in [0.4, 0.5) is 11.4 Å². The predicted molar refractivity (Wildman–Crippen MR) is 118 cm³/mol. The van der Waals surface area contributed by atoms with Crippen LogP contribution in [0.2, 0.25) is 0 Å². The quantitative estimate of drug-likeness (QED) is 0.411. The lowest BCUT2D eigenvalue weighted by Crippen LogP contribution is -2.46. The number of nitrogens with one attached hydrogen (secondary N) is 2. The zero-order valence-electron chi connectivity index (χ0n) is 17.0. The molecule has 0 aromatic heterocycles. The molecule has 4 nitrogen and oxygen atoms in total. The first-order valence-corrected chi connectivity index (χ1v) is 9.91. The number of benzene rings is 2. The van der Waals surface area contributed by atoms with E-state index in [9.17, 15) is 0 Å². The van der Waals surface area contributed by atoms with Crippen molar-refractivity contribution in [3.8, 4) is 0 Å². The second-order valence-electron chi connectivity index (χ2n) is 6.72. The Morgan fingerprint density at radius 1 is 1.07 bits per heavy atom. The predicted octanol–water partition coefficient (Wildman–Crippen LogP) is 4.60. The highest BCUT2D eigenvalue weighted by Crippen LogP contribution is 2.42. The van der Waals surface area contributed by atoms with Gasteiger partial charge in [0.25, 0.3) is 0 Å². The molecule has 4 N–H and O–H groups in total. The van der Waals surface area contributed by atoms with Gasteiger partial charge in [0.2, 0.25) is 0 Å². The average Bonchev–Trinajstić information content (AvgIpc) is 3.48. The monoisotopic (exact) mass is 366 g/mol. The molecule has 1 heterocycles. The lowest BCUT2D eigenvalue weighted by atomic mass is 10.0. The minimum atomic E-state index is 0.261. The van der Waals surface area contributed by atoms with Crippen LogP contribution in [0, 0.1) is 6.92 Å². The molecule has 2 aromatic carbocycles. The van der Waals surface area contributed by atoms with Crippen LogP contribution in [-0.4, -0.2) is 18.8 Å². The smallest absolute Gasteiger partial charge is 0.114 e. The Morgan fingerprint density at radius 3 is 2.30 bits per heavy atom. The van der Waals surface area contributed by atoms with Crippen molar-refractivity contribution in [3.63, 3.8) is 0 Å². The molecule has 0 spiro atoms. The van der Waals surface area contributed by atoms with E-state index in [1.807, 2.05) is 13.8 Å². The number of aryl methyl sites for hydroxylation is 1. The molecule has 0 saturated heterocycles. The van der Waals surface area contributed by atoms with Crippen LogP contribution < -0.4 is 21.5 Å². The summed E-state index contributed by atoms with van der Waals surface area (Å²) in [6, 6.07) is 16.3. The lowest BCUT2D eigenvalue weighted by Gasteiger charge is -2.26. The highest BCUT2D eigenvalue weighted by atomic mass is 15.4. The van der Waals surface area contributed by atoms with Crippen LogP contribution in [0.15, 0.2) is 55.6 Å². The third-order valence-electron chi connectivity index (χ3n) is 4.78. The second-order valence-corrected chi connectivity index (χ2v) is 6.72. The fraction of sp³-hybridized carbons (Fsp3) is 0.391. The van der Waals surface area contributed by atoms with Crippen LogP contribution in [-0.2, 0) is 6.42 Å². The van der Waals surface area contributed by atoms with Gasteiger partial charge >= 0.3 is 0 Å². The molecule has 4 rings (SSSR count). The molecule has 0 bridgehead atoms. The van der Waals surface area contributed by atoms with E-state index >= 15 is 0 Å². The molecule has 1 aliphatic heterocycles. The van der Waals surface area contributed by atoms with E-state index in [1.54, 1.807) is 0 Å². The van der Waals surface area contributed by atoms with Gasteiger partial charge in [-0.25, -0.2) is 0 Å². The molecule has 1 unspecified atom stereocenters. The zero-order chi connectivity index (χ0) is 19.8. The molecule has 2 aromatic rings. The minimum absolute atomic E-state index is 0.261. The maximum atomic E-state index is 5.55. The Bertz CT molecular complexity index is 707. The largest absolute Gasteiger partial charge is 0.362 e. The maximum absolute atomic E-state index is 5.55. The van der Waals surface area contributed by atoms with Crippen molar-refractivity contribution < 1.29 is 0 Å². The summed E-state index contributed by atoms with van der Waals surface area (Å²) >= 11 is 0. The zero-order valence-corrected chi connectivity index (χ0v) is 17.0. The Kier molecular flexibility index (Phi) is 7.89. The van der Waals surface area contributed by atoms with Crippen molar-refractivity contribution in [3.05, 3.63) is 72.3 Å². The standard InChI is InChI=1S/C19H24N4.C2H6.C2H4/c1-13-2-4-14(5-3-13)10-15-6-9-17-18(11-15)23(16-7-8-16)19(22-17)12-21-20;2*1-2/h2-6,9,11,16,19,21-22H,7-8,10,12,20H2,1H3;1-2H3;1-2H2. The first kappa shape index (κ1) is 21.0. The number of hydrogen-bond acceptors (Lipinski definition) is 4. The van der Waals surface area contributed by atoms with E-state index in [1.165, 1.54) is 40.9 Å². The maximum Gasteiger partial charge on any atom is 0.114 e. The van der Waals surface area contributed by atoms with Crippen LogP contribution >= 0.6 is 0 Å². The number of hydrazine groups is 1. The van der Waals surface area contributed by atoms with Gasteiger partial charge in [0.05, 0.1) is 11.4 Å². The van der Waals surface area contributed by atoms with Gasteiger partial charge in [-0.3, -0.25) is 11.3 Å². The first-order chi connectivity index (χ1) is 13.2. The topological polar surface area (TPSA) is 53.3 Å². The third kappa shape index (κ3) is 5.12. The number of nitrogens with two attached hydrogens (primary N) is 1. The summed E-state index contributed by atoms with van der Waals surface area (Å²) in [5.41, 5.74) is 9.40. The number of fused-ring (bicyclic) bond motifs is 1. The fourth-order valence-corrected chi connectivity index (χ4v) is 3.45. The average molecular weight is 367 g/mol. The summed E-state index contributed by atoms with van der Waals surface area (Å²) in [7, 11) is 0. The highest BCUT2D eigenvalue weighted by molar-refractivity contribution is 5.78. The van der Waals surface area contributed by atoms with Crippen molar-refractivity contribution in [2.75, 3.05) is 16.8 Å². The molecule has 27 heavy (non-hydrogen) atoms. The molecular formula is C23H34N4. The molecule has 1 fully saturated rings. The summed E-state index contributed by atoms with van der Waals surface area (Å²) in [6.45, 7) is 12.9. The van der Waals surface area contributed by atoms with E-state index in [0.717, 1.165) is 13.0 Å². The second kappa shape index (κ2) is 10.1. The molecule has 1 aliphatic carbocycles. The van der Waals surface area contributed by atoms with E-state index in [2.05, 4.69) is 78.2 Å². The van der Waals surface area contributed by atoms with Gasteiger partial charge < -0.3 is 10.2 Å². The molecule has 0 radical (unpaired) electrons. The van der Waals surface area contributed by atoms with E-state index in [4.69, 9.17) is 5.84 Å². The number of anilines is 2. The third-order valence-corrected chi connectivity index (χ3v) is 4.78. The van der Waals surface area contributed by atoms with Crippen LogP contribution in [0.1, 0.15) is 43.4 Å². The Hall–Kier alpha value is -2.30. The van der Waals surface area contributed by atoms with Crippen molar-refractivity contribution in [1.82, 2.24) is 5.43 Å². The van der Waals surface area contributed by atoms with Crippen molar-refractivity contribution in [2.45, 2.75) is 52.2 Å². The van der Waals surface area contributed by atoms with Crippen LogP contribution in [0.5, 0.6) is 0 Å². The fourth-order valence-electron chi connectivity index (χ4n) is 3.45. The van der Waals surface area contributed by atoms with Crippen molar-refractivity contribution in [2.24, 2.45) is 5.84 Å². The molecule has 146 valence electrons. The van der Waals surface area contributed by atoms with E-state index in [0.29, 0.717) is 6.04 Å². The van der Waals surface area contributed by atoms with Gasteiger partial charge in [-0.1, -0.05) is 49.7 Å². The summed E-state index contributed by atoms with van der Waals surface area (Å²) < 4.78 is 0.